The Labute approximate surface area is 139 Å². The number of carbonyl (C=O) groups is 1. The monoisotopic (exact) mass is 330 g/mol. The molecule has 0 heterocycles. The van der Waals surface area contributed by atoms with Crippen molar-refractivity contribution in [3.8, 4) is 6.07 Å². The third kappa shape index (κ3) is 4.52. The molecule has 0 aliphatic heterocycles. The third-order valence-corrected chi connectivity index (χ3v) is 4.47. The molecule has 2 aromatic carbocycles. The Hall–Kier alpha value is -1.96. The molecule has 1 N–H and O–H groups in total. The van der Waals surface area contributed by atoms with Gasteiger partial charge in [-0.1, -0.05) is 35.9 Å². The molecule has 0 aliphatic rings. The van der Waals surface area contributed by atoms with Gasteiger partial charge in [0.25, 0.3) is 0 Å². The fourth-order valence-electron chi connectivity index (χ4n) is 1.88. The number of rotatable bonds is 5. The standard InChI is InChI=1S/C17H15ClN2OS/c1-12-6-7-15(8-16(12)18)20-17(21)11-22-10-14-5-3-2-4-13(14)9-19/h2-8H,10-11H2,1H3,(H,20,21). The zero-order valence-electron chi connectivity index (χ0n) is 12.1. The largest absolute Gasteiger partial charge is 0.325 e. The number of hydrogen-bond acceptors (Lipinski definition) is 3. The van der Waals surface area contributed by atoms with E-state index in [1.54, 1.807) is 12.1 Å². The number of nitrogens with zero attached hydrogens (tertiary/aromatic N) is 1. The minimum atomic E-state index is -0.0839. The first-order chi connectivity index (χ1) is 10.6. The minimum Gasteiger partial charge on any atom is -0.325 e. The lowest BCUT2D eigenvalue weighted by molar-refractivity contribution is -0.113. The van der Waals surface area contributed by atoms with Gasteiger partial charge in [0.05, 0.1) is 17.4 Å². The minimum absolute atomic E-state index is 0.0839. The van der Waals surface area contributed by atoms with Gasteiger partial charge in [-0.05, 0) is 36.2 Å². The lowest BCUT2D eigenvalue weighted by atomic mass is 10.1. The summed E-state index contributed by atoms with van der Waals surface area (Å²) in [5.41, 5.74) is 3.27. The number of amides is 1. The first-order valence-electron chi connectivity index (χ1n) is 6.72. The zero-order chi connectivity index (χ0) is 15.9. The van der Waals surface area contributed by atoms with Crippen molar-refractivity contribution in [1.82, 2.24) is 0 Å². The lowest BCUT2D eigenvalue weighted by Gasteiger charge is -2.07. The molecule has 0 bridgehead atoms. The molecule has 112 valence electrons. The number of anilines is 1. The van der Waals surface area contributed by atoms with E-state index < -0.39 is 0 Å². The summed E-state index contributed by atoms with van der Waals surface area (Å²) in [6, 6.07) is 15.0. The predicted molar refractivity (Wildman–Crippen MR) is 92.1 cm³/mol. The van der Waals surface area contributed by atoms with E-state index in [0.29, 0.717) is 27.8 Å². The summed E-state index contributed by atoms with van der Waals surface area (Å²) in [5, 5.41) is 12.5. The number of hydrogen-bond donors (Lipinski definition) is 1. The highest BCUT2D eigenvalue weighted by Gasteiger charge is 2.06. The second-order valence-electron chi connectivity index (χ2n) is 4.77. The molecule has 0 aliphatic carbocycles. The van der Waals surface area contributed by atoms with Crippen LogP contribution in [0.2, 0.25) is 5.02 Å². The molecule has 0 spiro atoms. The fourth-order valence-corrected chi connectivity index (χ4v) is 2.89. The number of halogens is 1. The van der Waals surface area contributed by atoms with Gasteiger partial charge in [-0.15, -0.1) is 11.8 Å². The van der Waals surface area contributed by atoms with E-state index in [4.69, 9.17) is 16.9 Å². The first kappa shape index (κ1) is 16.4. The highest BCUT2D eigenvalue weighted by molar-refractivity contribution is 7.99. The maximum atomic E-state index is 11.9. The number of nitriles is 1. The van der Waals surface area contributed by atoms with Crippen molar-refractivity contribution in [2.75, 3.05) is 11.1 Å². The van der Waals surface area contributed by atoms with Gasteiger partial charge in [-0.3, -0.25) is 4.79 Å². The summed E-state index contributed by atoms with van der Waals surface area (Å²) in [7, 11) is 0. The van der Waals surface area contributed by atoms with Crippen LogP contribution in [0.4, 0.5) is 5.69 Å². The van der Waals surface area contributed by atoms with Crippen molar-refractivity contribution in [2.45, 2.75) is 12.7 Å². The normalized spacial score (nSPS) is 10.0. The van der Waals surface area contributed by atoms with Gasteiger partial charge in [-0.2, -0.15) is 5.26 Å². The van der Waals surface area contributed by atoms with Crippen LogP contribution < -0.4 is 5.32 Å². The number of carbonyl (C=O) groups excluding carboxylic acids is 1. The number of benzene rings is 2. The average molecular weight is 331 g/mol. The van der Waals surface area contributed by atoms with Crippen molar-refractivity contribution in [3.05, 3.63) is 64.2 Å². The summed E-state index contributed by atoms with van der Waals surface area (Å²) in [5.74, 6) is 0.871. The van der Waals surface area contributed by atoms with Gasteiger partial charge in [0.2, 0.25) is 5.91 Å². The van der Waals surface area contributed by atoms with Gasteiger partial charge < -0.3 is 5.32 Å². The SMILES string of the molecule is Cc1ccc(NC(=O)CSCc2ccccc2C#N)cc1Cl. The van der Waals surface area contributed by atoms with E-state index >= 15 is 0 Å². The summed E-state index contributed by atoms with van der Waals surface area (Å²) in [6.07, 6.45) is 0. The number of nitrogens with one attached hydrogen (secondary N) is 1. The molecule has 0 radical (unpaired) electrons. The second kappa shape index (κ2) is 7.88. The van der Waals surface area contributed by atoms with E-state index in [0.717, 1.165) is 11.1 Å². The Morgan fingerprint density at radius 2 is 2.09 bits per heavy atom. The summed E-state index contributed by atoms with van der Waals surface area (Å²) in [4.78, 5) is 11.9. The molecule has 1 amide bonds. The molecule has 2 aromatic rings. The maximum absolute atomic E-state index is 11.9. The molecular formula is C17H15ClN2OS. The Bertz CT molecular complexity index is 725. The Kier molecular flexibility index (Phi) is 5.88. The van der Waals surface area contributed by atoms with Gasteiger partial charge in [-0.25, -0.2) is 0 Å². The highest BCUT2D eigenvalue weighted by atomic mass is 35.5. The van der Waals surface area contributed by atoms with Crippen LogP contribution in [0, 0.1) is 18.3 Å². The van der Waals surface area contributed by atoms with Crippen LogP contribution in [0.15, 0.2) is 42.5 Å². The summed E-state index contributed by atoms with van der Waals surface area (Å²) < 4.78 is 0. The molecular weight excluding hydrogens is 316 g/mol. The lowest BCUT2D eigenvalue weighted by Crippen LogP contribution is -2.14. The molecule has 0 aromatic heterocycles. The second-order valence-corrected chi connectivity index (χ2v) is 6.17. The molecule has 2 rings (SSSR count). The quantitative estimate of drug-likeness (QED) is 0.884. The molecule has 22 heavy (non-hydrogen) atoms. The van der Waals surface area contributed by atoms with Gasteiger partial charge in [0.1, 0.15) is 0 Å². The topological polar surface area (TPSA) is 52.9 Å². The van der Waals surface area contributed by atoms with Crippen molar-refractivity contribution < 1.29 is 4.79 Å². The molecule has 3 nitrogen and oxygen atoms in total. The van der Waals surface area contributed by atoms with Crippen LogP contribution in [0.3, 0.4) is 0 Å². The van der Waals surface area contributed by atoms with Gasteiger partial charge in [0.15, 0.2) is 0 Å². The molecule has 0 saturated carbocycles. The number of aryl methyl sites for hydroxylation is 1. The number of thioether (sulfide) groups is 1. The fraction of sp³-hybridized carbons (Fsp3) is 0.176. The van der Waals surface area contributed by atoms with Crippen LogP contribution in [0.5, 0.6) is 0 Å². The third-order valence-electron chi connectivity index (χ3n) is 3.08. The van der Waals surface area contributed by atoms with Crippen LogP contribution in [-0.2, 0) is 10.5 Å². The van der Waals surface area contributed by atoms with Crippen molar-refractivity contribution >= 4 is 35.0 Å². The van der Waals surface area contributed by atoms with Crippen molar-refractivity contribution in [2.24, 2.45) is 0 Å². The van der Waals surface area contributed by atoms with E-state index in [2.05, 4.69) is 11.4 Å². The van der Waals surface area contributed by atoms with Crippen molar-refractivity contribution in [3.63, 3.8) is 0 Å². The van der Waals surface area contributed by atoms with E-state index in [1.807, 2.05) is 37.3 Å². The molecule has 0 unspecified atom stereocenters. The van der Waals surface area contributed by atoms with Gasteiger partial charge in [0, 0.05) is 16.5 Å². The maximum Gasteiger partial charge on any atom is 0.234 e. The molecule has 0 atom stereocenters. The Morgan fingerprint density at radius 1 is 1.32 bits per heavy atom. The van der Waals surface area contributed by atoms with E-state index in [1.165, 1.54) is 11.8 Å². The summed E-state index contributed by atoms with van der Waals surface area (Å²) in [6.45, 7) is 1.91. The van der Waals surface area contributed by atoms with Crippen LogP contribution in [-0.4, -0.2) is 11.7 Å². The predicted octanol–water partition coefficient (Wildman–Crippen LogP) is 4.39. The van der Waals surface area contributed by atoms with Crippen LogP contribution in [0.25, 0.3) is 0 Å². The van der Waals surface area contributed by atoms with E-state index in [9.17, 15) is 4.79 Å². The zero-order valence-corrected chi connectivity index (χ0v) is 13.7. The average Bonchev–Trinajstić information content (AvgIpc) is 2.51. The van der Waals surface area contributed by atoms with Crippen molar-refractivity contribution in [1.29, 1.82) is 5.26 Å². The molecule has 5 heteroatoms. The first-order valence-corrected chi connectivity index (χ1v) is 8.25. The van der Waals surface area contributed by atoms with Crippen LogP contribution >= 0.6 is 23.4 Å². The highest BCUT2D eigenvalue weighted by Crippen LogP contribution is 2.21. The van der Waals surface area contributed by atoms with E-state index in [-0.39, 0.29) is 5.91 Å². The van der Waals surface area contributed by atoms with Crippen LogP contribution in [0.1, 0.15) is 16.7 Å². The van der Waals surface area contributed by atoms with Gasteiger partial charge >= 0.3 is 0 Å². The Morgan fingerprint density at radius 3 is 2.82 bits per heavy atom. The smallest absolute Gasteiger partial charge is 0.234 e. The summed E-state index contributed by atoms with van der Waals surface area (Å²) >= 11 is 7.50. The Balaban J connectivity index is 1.85. The molecule has 0 saturated heterocycles. The molecule has 0 fully saturated rings.